The van der Waals surface area contributed by atoms with Gasteiger partial charge in [0.1, 0.15) is 0 Å². The molecule has 108 valence electrons. The Bertz CT molecular complexity index is 399. The Morgan fingerprint density at radius 2 is 1.68 bits per heavy atom. The van der Waals surface area contributed by atoms with E-state index in [9.17, 15) is 9.90 Å². The molecule has 2 unspecified atom stereocenters. The van der Waals surface area contributed by atoms with Gasteiger partial charge in [-0.05, 0) is 83.7 Å². The lowest BCUT2D eigenvalue weighted by Gasteiger charge is -2.67. The van der Waals surface area contributed by atoms with Gasteiger partial charge in [0, 0.05) is 5.54 Å². The topological polar surface area (TPSA) is 40.5 Å². The first-order valence-electron chi connectivity index (χ1n) is 7.62. The van der Waals surface area contributed by atoms with Gasteiger partial charge >= 0.3 is 5.97 Å². The number of aliphatic carboxylic acids is 1. The summed E-state index contributed by atoms with van der Waals surface area (Å²) < 4.78 is 0. The number of nitrogens with zero attached hydrogens (tertiary/aromatic N) is 1. The zero-order valence-electron chi connectivity index (χ0n) is 12.7. The van der Waals surface area contributed by atoms with Gasteiger partial charge in [-0.15, -0.1) is 0 Å². The van der Waals surface area contributed by atoms with Crippen molar-refractivity contribution in [3.8, 4) is 0 Å². The second kappa shape index (κ2) is 3.75. The van der Waals surface area contributed by atoms with Crippen molar-refractivity contribution in [2.75, 3.05) is 14.1 Å². The van der Waals surface area contributed by atoms with Crippen molar-refractivity contribution < 1.29 is 9.90 Å². The lowest BCUT2D eigenvalue weighted by Crippen LogP contribution is -2.65. The summed E-state index contributed by atoms with van der Waals surface area (Å²) in [6, 6.07) is 0. The largest absolute Gasteiger partial charge is 0.481 e. The van der Waals surface area contributed by atoms with Gasteiger partial charge in [0.25, 0.3) is 0 Å². The molecule has 4 aliphatic rings. The van der Waals surface area contributed by atoms with Crippen LogP contribution in [0.1, 0.15) is 52.4 Å². The minimum atomic E-state index is -0.608. The average Bonchev–Trinajstić information content (AvgIpc) is 2.26. The van der Waals surface area contributed by atoms with Crippen molar-refractivity contribution in [1.82, 2.24) is 4.90 Å². The molecular weight excluding hydrogens is 238 g/mol. The Morgan fingerprint density at radius 3 is 2.11 bits per heavy atom. The molecular formula is C16H27NO2. The number of hydrogen-bond donors (Lipinski definition) is 1. The summed E-state index contributed by atoms with van der Waals surface area (Å²) in [5.41, 5.74) is -0.296. The van der Waals surface area contributed by atoms with Crippen LogP contribution in [0.4, 0.5) is 0 Å². The van der Waals surface area contributed by atoms with Crippen LogP contribution in [-0.4, -0.2) is 35.6 Å². The molecule has 1 N–H and O–H groups in total. The fraction of sp³-hybridized carbons (Fsp3) is 0.938. The van der Waals surface area contributed by atoms with Crippen LogP contribution in [0.5, 0.6) is 0 Å². The van der Waals surface area contributed by atoms with Gasteiger partial charge < -0.3 is 10.0 Å². The first kappa shape index (κ1) is 13.4. The lowest BCUT2D eigenvalue weighted by molar-refractivity contribution is -0.188. The highest BCUT2D eigenvalue weighted by Crippen LogP contribution is 2.68. The van der Waals surface area contributed by atoms with Crippen molar-refractivity contribution in [3.63, 3.8) is 0 Å². The highest BCUT2D eigenvalue weighted by atomic mass is 16.4. The van der Waals surface area contributed by atoms with Crippen LogP contribution in [0, 0.1) is 22.7 Å². The minimum Gasteiger partial charge on any atom is -0.481 e. The Hall–Kier alpha value is -0.570. The summed E-state index contributed by atoms with van der Waals surface area (Å²) in [6.45, 7) is 3.93. The molecule has 4 saturated carbocycles. The van der Waals surface area contributed by atoms with Gasteiger partial charge in [0.05, 0.1) is 5.41 Å². The van der Waals surface area contributed by atoms with E-state index in [0.29, 0.717) is 0 Å². The molecule has 0 heterocycles. The van der Waals surface area contributed by atoms with Crippen LogP contribution >= 0.6 is 0 Å². The predicted octanol–water partition coefficient (Wildman–Crippen LogP) is 3.00. The molecule has 4 aliphatic carbocycles. The fourth-order valence-corrected chi connectivity index (χ4v) is 5.70. The smallest absolute Gasteiger partial charge is 0.309 e. The van der Waals surface area contributed by atoms with Crippen LogP contribution in [0.3, 0.4) is 0 Å². The fourth-order valence-electron chi connectivity index (χ4n) is 5.70. The van der Waals surface area contributed by atoms with Crippen LogP contribution in [-0.2, 0) is 4.79 Å². The molecule has 3 heteroatoms. The molecule has 0 aromatic carbocycles. The molecule has 4 rings (SSSR count). The maximum absolute atomic E-state index is 11.8. The standard InChI is InChI=1S/C16H27NO2/c1-14(2,13(18)19)15-6-11-5-12(7-15)9-16(8-11,10-15)17(3)4/h11-12H,5-10H2,1-4H3,(H,18,19). The quantitative estimate of drug-likeness (QED) is 0.853. The molecule has 0 amide bonds. The molecule has 0 saturated heterocycles. The number of hydrogen-bond acceptors (Lipinski definition) is 2. The van der Waals surface area contributed by atoms with Crippen LogP contribution in [0.25, 0.3) is 0 Å². The molecule has 4 bridgehead atoms. The summed E-state index contributed by atoms with van der Waals surface area (Å²) in [4.78, 5) is 14.2. The minimum absolute atomic E-state index is 0.0210. The zero-order valence-corrected chi connectivity index (χ0v) is 12.7. The SMILES string of the molecule is CN(C)C12CC3CC(C1)CC(C(C)(C)C(=O)O)(C3)C2. The van der Waals surface area contributed by atoms with E-state index in [1.807, 2.05) is 13.8 Å². The third-order valence-corrected chi connectivity index (χ3v) is 6.84. The van der Waals surface area contributed by atoms with E-state index in [-0.39, 0.29) is 11.0 Å². The predicted molar refractivity (Wildman–Crippen MR) is 74.9 cm³/mol. The second-order valence-corrected chi connectivity index (χ2v) is 8.29. The first-order chi connectivity index (χ1) is 8.71. The van der Waals surface area contributed by atoms with Crippen molar-refractivity contribution in [1.29, 1.82) is 0 Å². The summed E-state index contributed by atoms with van der Waals surface area (Å²) >= 11 is 0. The third kappa shape index (κ3) is 1.63. The second-order valence-electron chi connectivity index (χ2n) is 8.29. The number of rotatable bonds is 3. The monoisotopic (exact) mass is 265 g/mol. The summed E-state index contributed by atoms with van der Waals surface area (Å²) in [5, 5.41) is 9.71. The van der Waals surface area contributed by atoms with E-state index in [2.05, 4.69) is 19.0 Å². The Kier molecular flexibility index (Phi) is 2.65. The van der Waals surface area contributed by atoms with Gasteiger partial charge in [-0.25, -0.2) is 0 Å². The van der Waals surface area contributed by atoms with E-state index >= 15 is 0 Å². The van der Waals surface area contributed by atoms with Gasteiger partial charge in [-0.2, -0.15) is 0 Å². The van der Waals surface area contributed by atoms with Gasteiger partial charge in [0.2, 0.25) is 0 Å². The molecule has 4 fully saturated rings. The summed E-state index contributed by atoms with van der Waals surface area (Å²) in [5.74, 6) is 0.896. The maximum atomic E-state index is 11.8. The van der Waals surface area contributed by atoms with E-state index < -0.39 is 11.4 Å². The Labute approximate surface area is 116 Å². The van der Waals surface area contributed by atoms with E-state index in [1.165, 1.54) is 19.3 Å². The Balaban J connectivity index is 2.03. The van der Waals surface area contributed by atoms with Gasteiger partial charge in [-0.3, -0.25) is 4.79 Å². The highest BCUT2D eigenvalue weighted by molar-refractivity contribution is 5.75. The molecule has 0 spiro atoms. The van der Waals surface area contributed by atoms with Gasteiger partial charge in [-0.1, -0.05) is 0 Å². The van der Waals surface area contributed by atoms with Gasteiger partial charge in [0.15, 0.2) is 0 Å². The summed E-state index contributed by atoms with van der Waals surface area (Å²) in [7, 11) is 4.38. The molecule has 2 atom stereocenters. The summed E-state index contributed by atoms with van der Waals surface area (Å²) in [6.07, 6.45) is 7.27. The highest BCUT2D eigenvalue weighted by Gasteiger charge is 2.64. The molecule has 0 radical (unpaired) electrons. The Morgan fingerprint density at radius 1 is 1.16 bits per heavy atom. The number of carboxylic acids is 1. The number of carbonyl (C=O) groups is 1. The normalized spacial score (nSPS) is 44.9. The molecule has 0 aromatic rings. The van der Waals surface area contributed by atoms with E-state index in [4.69, 9.17) is 0 Å². The van der Waals surface area contributed by atoms with Crippen molar-refractivity contribution in [2.24, 2.45) is 22.7 Å². The maximum Gasteiger partial charge on any atom is 0.309 e. The van der Waals surface area contributed by atoms with Crippen molar-refractivity contribution in [3.05, 3.63) is 0 Å². The lowest BCUT2D eigenvalue weighted by atomic mass is 9.41. The van der Waals surface area contributed by atoms with Crippen LogP contribution in [0.15, 0.2) is 0 Å². The van der Waals surface area contributed by atoms with Crippen molar-refractivity contribution >= 4 is 5.97 Å². The molecule has 19 heavy (non-hydrogen) atoms. The molecule has 0 aromatic heterocycles. The van der Waals surface area contributed by atoms with E-state index in [1.54, 1.807) is 0 Å². The number of carboxylic acid groups (broad SMARTS) is 1. The average molecular weight is 265 g/mol. The van der Waals surface area contributed by atoms with Crippen LogP contribution < -0.4 is 0 Å². The van der Waals surface area contributed by atoms with Crippen LogP contribution in [0.2, 0.25) is 0 Å². The molecule has 0 aliphatic heterocycles. The van der Waals surface area contributed by atoms with E-state index in [0.717, 1.165) is 31.1 Å². The first-order valence-corrected chi connectivity index (χ1v) is 7.62. The third-order valence-electron chi connectivity index (χ3n) is 6.84. The zero-order chi connectivity index (χ0) is 14.1. The van der Waals surface area contributed by atoms with Crippen molar-refractivity contribution in [2.45, 2.75) is 57.9 Å². The molecule has 3 nitrogen and oxygen atoms in total.